The van der Waals surface area contributed by atoms with Gasteiger partial charge in [-0.05, 0) is 186 Å². The van der Waals surface area contributed by atoms with Gasteiger partial charge in [-0.2, -0.15) is 0 Å². The summed E-state index contributed by atoms with van der Waals surface area (Å²) in [6.07, 6.45) is 0. The summed E-state index contributed by atoms with van der Waals surface area (Å²) in [7, 11) is 0. The molecule has 0 spiro atoms. The first-order chi connectivity index (χ1) is 72.5. The predicted octanol–water partition coefficient (Wildman–Crippen LogP) is 40.9. The van der Waals surface area contributed by atoms with Crippen LogP contribution in [0.2, 0.25) is 0 Å². The Morgan fingerprint density at radius 1 is 0.144 bits per heavy atom. The number of rotatable bonds is 16. The van der Waals surface area contributed by atoms with Crippen molar-refractivity contribution in [2.24, 2.45) is 0 Å². The Kier molecular flexibility index (Phi) is 19.9. The van der Waals surface area contributed by atoms with Crippen molar-refractivity contribution in [1.82, 2.24) is 0 Å². The molecule has 0 amide bonds. The van der Waals surface area contributed by atoms with Gasteiger partial charge in [0.1, 0.15) is 22.3 Å². The second kappa shape index (κ2) is 34.6. The summed E-state index contributed by atoms with van der Waals surface area (Å²) in [5.74, 6) is 0. The summed E-state index contributed by atoms with van der Waals surface area (Å²) in [6, 6.07) is 183. The van der Waals surface area contributed by atoms with Crippen molar-refractivity contribution < 1.29 is 17.7 Å². The Balaban J connectivity index is 0.000000138. The quantitative estimate of drug-likeness (QED) is 0.0948. The van der Waals surface area contributed by atoms with E-state index >= 15 is 0 Å². The number of furan rings is 4. The first kappa shape index (κ1) is 84.1. The molecule has 684 valence electrons. The van der Waals surface area contributed by atoms with Gasteiger partial charge < -0.3 is 37.3 Å². The minimum Gasteiger partial charge on any atom is -0.454 e. The van der Waals surface area contributed by atoms with Gasteiger partial charge >= 0.3 is 0 Å². The maximum Gasteiger partial charge on any atom is 0.159 e. The van der Waals surface area contributed by atoms with Crippen molar-refractivity contribution in [3.05, 3.63) is 510 Å². The third-order valence-corrected chi connectivity index (χ3v) is 31.6. The third kappa shape index (κ3) is 13.7. The number of para-hydroxylation sites is 10. The maximum atomic E-state index is 6.97. The largest absolute Gasteiger partial charge is 0.454 e. The lowest BCUT2D eigenvalue weighted by molar-refractivity contribution is 0.669. The Bertz CT molecular complexity index is 9890. The molecule has 0 aliphatic rings. The van der Waals surface area contributed by atoms with Gasteiger partial charge in [0.2, 0.25) is 0 Å². The van der Waals surface area contributed by atoms with Crippen molar-refractivity contribution in [3.8, 4) is 44.5 Å². The lowest BCUT2D eigenvalue weighted by atomic mass is 9.96. The molecule has 0 aliphatic carbocycles. The summed E-state index contributed by atoms with van der Waals surface area (Å²) in [6.45, 7) is 0. The molecule has 0 saturated heterocycles. The summed E-state index contributed by atoms with van der Waals surface area (Å²) < 4.78 is 32.5. The fourth-order valence-electron chi connectivity index (χ4n) is 22.7. The summed E-state index contributed by atoms with van der Waals surface area (Å²) in [5.41, 5.74) is 28.2. The van der Waals surface area contributed by atoms with Crippen molar-refractivity contribution in [2.75, 3.05) is 19.6 Å². The molecule has 30 rings (SSSR count). The molecule has 6 aromatic heterocycles. The normalized spacial score (nSPS) is 11.8. The highest BCUT2D eigenvalue weighted by atomic mass is 32.1. The molecule has 0 N–H and O–H groups in total. The lowest BCUT2D eigenvalue weighted by Crippen LogP contribution is -2.12. The van der Waals surface area contributed by atoms with E-state index in [0.717, 1.165) is 222 Å². The van der Waals surface area contributed by atoms with Crippen molar-refractivity contribution >= 4 is 262 Å². The van der Waals surface area contributed by atoms with Crippen LogP contribution in [-0.4, -0.2) is 0 Å². The van der Waals surface area contributed by atoms with Crippen LogP contribution in [0.5, 0.6) is 0 Å². The zero-order chi connectivity index (χ0) is 96.0. The molecule has 0 atom stereocenters. The highest BCUT2D eigenvalue weighted by Gasteiger charge is 2.34. The van der Waals surface area contributed by atoms with Gasteiger partial charge in [0.15, 0.2) is 22.3 Å². The molecule has 0 fully saturated rings. The Morgan fingerprint density at radius 3 is 0.671 bits per heavy atom. The van der Waals surface area contributed by atoms with Crippen LogP contribution in [0.4, 0.5) is 68.2 Å². The van der Waals surface area contributed by atoms with Gasteiger partial charge in [0, 0.05) is 87.1 Å². The van der Waals surface area contributed by atoms with Crippen LogP contribution >= 0.6 is 22.7 Å². The standard InChI is InChI=1S/2C68H42N2O2S/c1-3-21-43(22-4-1)47-27-11-15-35-55(47)69(57-37-19-33-53-51-31-13-17-39-61(51)71-65(53)57)59-41-45-25-7-9-29-49(45)63-64-50-30-10-8-26-46(50)42-60(68(64)73-67(59)63)70(56-36-16-12-28-48(56)44-23-5-2-6-24-44)58-38-20-34-54-52-32-14-18-40-62(52)72-66(54)58;1-3-19-43(20-4-1)45-25-15-27-49(39-45)69(57-35-17-33-55-53-31-11-13-37-61(53)71-65(55)57)59-41-47-23-7-9-29-51(47)63-64-52-30-10-8-24-48(52)42-60(68(64)73-67(59)63)70(50-28-16-26-46(40-50)44-21-5-2-6-22-44)58-36-18-34-56-54-32-12-14-38-62(54)72-66(56)58/h2*1-42H. The number of benzene rings is 24. The monoisotopic (exact) mass is 1900 g/mol. The molecule has 24 aromatic carbocycles. The molecule has 8 nitrogen and oxygen atoms in total. The van der Waals surface area contributed by atoms with Crippen LogP contribution in [0.1, 0.15) is 0 Å². The Morgan fingerprint density at radius 2 is 0.363 bits per heavy atom. The van der Waals surface area contributed by atoms with Crippen LogP contribution in [0.25, 0.3) is 216 Å². The number of hydrogen-bond donors (Lipinski definition) is 0. The summed E-state index contributed by atoms with van der Waals surface area (Å²) in [4.78, 5) is 9.83. The molecule has 10 heteroatoms. The van der Waals surface area contributed by atoms with E-state index in [1.165, 1.54) is 61.9 Å². The van der Waals surface area contributed by atoms with Crippen LogP contribution in [0.3, 0.4) is 0 Å². The van der Waals surface area contributed by atoms with E-state index in [2.05, 4.69) is 517 Å². The number of fused-ring (bicyclic) bond motifs is 26. The molecule has 0 aliphatic heterocycles. The van der Waals surface area contributed by atoms with Crippen LogP contribution in [0, 0.1) is 0 Å². The number of nitrogens with zero attached hydrogens (tertiary/aromatic N) is 4. The van der Waals surface area contributed by atoms with E-state index < -0.39 is 0 Å². The molecule has 0 saturated carbocycles. The van der Waals surface area contributed by atoms with Crippen molar-refractivity contribution in [3.63, 3.8) is 0 Å². The fourth-order valence-corrected chi connectivity index (χ4v) is 25.4. The minimum atomic E-state index is 0.836. The van der Waals surface area contributed by atoms with Crippen LogP contribution in [0.15, 0.2) is 527 Å². The second-order valence-electron chi connectivity index (χ2n) is 37.4. The Hall–Kier alpha value is -18.8. The number of anilines is 12. The molecular formula is C136H84N4O4S2. The van der Waals surface area contributed by atoms with E-state index in [1.807, 2.05) is 34.8 Å². The molecule has 146 heavy (non-hydrogen) atoms. The number of thiophene rings is 2. The fraction of sp³-hybridized carbons (Fsp3) is 0. The second-order valence-corrected chi connectivity index (χ2v) is 39.5. The van der Waals surface area contributed by atoms with Gasteiger partial charge in [-0.1, -0.05) is 400 Å². The van der Waals surface area contributed by atoms with E-state index in [9.17, 15) is 0 Å². The molecular weight excluding hydrogens is 1820 g/mol. The third-order valence-electron chi connectivity index (χ3n) is 29.2. The van der Waals surface area contributed by atoms with Crippen molar-refractivity contribution in [2.45, 2.75) is 0 Å². The molecule has 30 aromatic rings. The van der Waals surface area contributed by atoms with Gasteiger partial charge in [0.25, 0.3) is 0 Å². The predicted molar refractivity (Wildman–Crippen MR) is 618 cm³/mol. The highest BCUT2D eigenvalue weighted by Crippen LogP contribution is 2.60. The van der Waals surface area contributed by atoms with Gasteiger partial charge in [-0.3, -0.25) is 0 Å². The smallest absolute Gasteiger partial charge is 0.159 e. The summed E-state index contributed by atoms with van der Waals surface area (Å²) in [5, 5.41) is 22.9. The summed E-state index contributed by atoms with van der Waals surface area (Å²) >= 11 is 3.72. The Labute approximate surface area is 847 Å². The molecule has 6 heterocycles. The van der Waals surface area contributed by atoms with E-state index in [0.29, 0.717) is 0 Å². The number of hydrogen-bond acceptors (Lipinski definition) is 10. The van der Waals surface area contributed by atoms with Gasteiger partial charge in [-0.15, -0.1) is 22.7 Å². The first-order valence-electron chi connectivity index (χ1n) is 49.5. The first-order valence-corrected chi connectivity index (χ1v) is 51.1. The zero-order valence-corrected chi connectivity index (χ0v) is 80.4. The zero-order valence-electron chi connectivity index (χ0n) is 78.7. The molecule has 0 radical (unpaired) electrons. The topological polar surface area (TPSA) is 65.5 Å². The van der Waals surface area contributed by atoms with Crippen LogP contribution in [-0.2, 0) is 0 Å². The average molecular weight is 1900 g/mol. The maximum absolute atomic E-state index is 6.97. The van der Waals surface area contributed by atoms with Crippen LogP contribution < -0.4 is 19.6 Å². The van der Waals surface area contributed by atoms with E-state index in [4.69, 9.17) is 17.7 Å². The molecule has 0 unspecified atom stereocenters. The lowest BCUT2D eigenvalue weighted by Gasteiger charge is -2.29. The average Bonchev–Trinajstić information content (AvgIpc) is 1.54. The van der Waals surface area contributed by atoms with Crippen molar-refractivity contribution in [1.29, 1.82) is 0 Å². The minimum absolute atomic E-state index is 0.836. The van der Waals surface area contributed by atoms with Gasteiger partial charge in [0.05, 0.1) is 75.7 Å². The van der Waals surface area contributed by atoms with E-state index in [1.54, 1.807) is 0 Å². The van der Waals surface area contributed by atoms with Gasteiger partial charge in [-0.25, -0.2) is 0 Å². The SMILES string of the molecule is c1ccc(-c2cccc(N(c3cccc4c3oc3ccccc34)c3cc4ccccc4c4c3sc3c(N(c5cccc(-c6ccccc6)c5)c5cccc6c5oc5ccccc56)cc5ccccc5c34)c2)cc1.c1ccc(-c2ccccc2N(c2cccc3c2oc2ccccc23)c2cc3ccccc3c3c2sc2c(N(c4ccccc4-c4ccccc4)c4cccc5c4oc4ccccc45)cc4ccccc4c23)cc1. The molecule has 0 bridgehead atoms. The van der Waals surface area contributed by atoms with E-state index in [-0.39, 0.29) is 0 Å². The highest BCUT2D eigenvalue weighted by molar-refractivity contribution is 7.28.